The van der Waals surface area contributed by atoms with E-state index >= 15 is 0 Å². The Balaban J connectivity index is 1.80. The highest BCUT2D eigenvalue weighted by Crippen LogP contribution is 2.20. The van der Waals surface area contributed by atoms with Crippen LogP contribution in [0.3, 0.4) is 0 Å². The first-order chi connectivity index (χ1) is 7.74. The van der Waals surface area contributed by atoms with Crippen molar-refractivity contribution in [3.63, 3.8) is 0 Å². The summed E-state index contributed by atoms with van der Waals surface area (Å²) in [5.74, 6) is 0.0733. The van der Waals surface area contributed by atoms with Crippen LogP contribution in [-0.2, 0) is 11.3 Å². The molecular formula is C12H16N2OS. The van der Waals surface area contributed by atoms with E-state index in [0.29, 0.717) is 5.75 Å². The molecule has 1 aromatic rings. The first kappa shape index (κ1) is 11.5. The molecule has 2 rings (SSSR count). The van der Waals surface area contributed by atoms with Crippen LogP contribution in [0.25, 0.3) is 0 Å². The fourth-order valence-corrected chi connectivity index (χ4v) is 2.05. The van der Waals surface area contributed by atoms with Crippen molar-refractivity contribution in [3.05, 3.63) is 29.8 Å². The Labute approximate surface area is 99.8 Å². The predicted octanol–water partition coefficient (Wildman–Crippen LogP) is 1.52. The molecular weight excluding hydrogens is 220 g/mol. The lowest BCUT2D eigenvalue weighted by atomic mass is 10.2. The van der Waals surface area contributed by atoms with Crippen molar-refractivity contribution in [3.8, 4) is 0 Å². The van der Waals surface area contributed by atoms with Crippen molar-refractivity contribution in [2.75, 3.05) is 5.75 Å². The second kappa shape index (κ2) is 5.37. The van der Waals surface area contributed by atoms with Crippen LogP contribution in [0.1, 0.15) is 18.4 Å². The fraction of sp³-hybridized carbons (Fsp3) is 0.417. The smallest absolute Gasteiger partial charge is 0.227 e. The number of nitrogens with two attached hydrogens (primary N) is 1. The zero-order chi connectivity index (χ0) is 11.4. The lowest BCUT2D eigenvalue weighted by Gasteiger charge is -2.04. The van der Waals surface area contributed by atoms with E-state index in [1.165, 1.54) is 30.2 Å². The number of benzene rings is 1. The van der Waals surface area contributed by atoms with Gasteiger partial charge in [0.25, 0.3) is 0 Å². The molecule has 0 saturated heterocycles. The minimum Gasteiger partial charge on any atom is -0.369 e. The van der Waals surface area contributed by atoms with E-state index in [-0.39, 0.29) is 5.91 Å². The van der Waals surface area contributed by atoms with Crippen molar-refractivity contribution in [2.45, 2.75) is 30.3 Å². The summed E-state index contributed by atoms with van der Waals surface area (Å²) in [6.07, 6.45) is 2.62. The molecule has 0 heterocycles. The number of carbonyl (C=O) groups is 1. The highest BCUT2D eigenvalue weighted by Gasteiger charge is 2.19. The number of hydrogen-bond donors (Lipinski definition) is 2. The largest absolute Gasteiger partial charge is 0.369 e. The molecule has 1 fully saturated rings. The maximum absolute atomic E-state index is 10.6. The molecule has 0 spiro atoms. The molecule has 3 nitrogen and oxygen atoms in total. The molecule has 16 heavy (non-hydrogen) atoms. The van der Waals surface area contributed by atoms with Crippen molar-refractivity contribution in [2.24, 2.45) is 5.73 Å². The highest BCUT2D eigenvalue weighted by molar-refractivity contribution is 8.00. The second-order valence-corrected chi connectivity index (χ2v) is 5.10. The van der Waals surface area contributed by atoms with E-state index < -0.39 is 0 Å². The molecule has 0 radical (unpaired) electrons. The lowest BCUT2D eigenvalue weighted by molar-refractivity contribution is -0.115. The van der Waals surface area contributed by atoms with Crippen molar-refractivity contribution in [1.29, 1.82) is 0 Å². The van der Waals surface area contributed by atoms with Gasteiger partial charge in [0.05, 0.1) is 5.75 Å². The minimum absolute atomic E-state index is 0.274. The number of amides is 1. The number of nitrogens with one attached hydrogen (secondary N) is 1. The SMILES string of the molecule is NC(=O)CSc1ccc(CNC2CC2)cc1. The quantitative estimate of drug-likeness (QED) is 0.736. The Bertz CT molecular complexity index is 360. The Kier molecular flexibility index (Phi) is 3.85. The monoisotopic (exact) mass is 236 g/mol. The predicted molar refractivity (Wildman–Crippen MR) is 66.2 cm³/mol. The third kappa shape index (κ3) is 3.87. The van der Waals surface area contributed by atoms with Gasteiger partial charge in [-0.15, -0.1) is 11.8 Å². The lowest BCUT2D eigenvalue weighted by Crippen LogP contribution is -2.15. The van der Waals surface area contributed by atoms with Crippen LogP contribution in [0.5, 0.6) is 0 Å². The van der Waals surface area contributed by atoms with Crippen LogP contribution in [0.15, 0.2) is 29.2 Å². The summed E-state index contributed by atoms with van der Waals surface area (Å²) in [4.78, 5) is 11.7. The van der Waals surface area contributed by atoms with Gasteiger partial charge >= 0.3 is 0 Å². The van der Waals surface area contributed by atoms with Gasteiger partial charge < -0.3 is 11.1 Å². The van der Waals surface area contributed by atoms with E-state index in [2.05, 4.69) is 17.4 Å². The molecule has 1 amide bonds. The minimum atomic E-state index is -0.274. The third-order valence-corrected chi connectivity index (χ3v) is 3.51. The van der Waals surface area contributed by atoms with Crippen LogP contribution < -0.4 is 11.1 Å². The Morgan fingerprint density at radius 2 is 2.06 bits per heavy atom. The van der Waals surface area contributed by atoms with Crippen LogP contribution in [0.2, 0.25) is 0 Å². The fourth-order valence-electron chi connectivity index (χ4n) is 1.41. The summed E-state index contributed by atoms with van der Waals surface area (Å²) < 4.78 is 0. The van der Waals surface area contributed by atoms with Gasteiger partial charge in [0.15, 0.2) is 0 Å². The van der Waals surface area contributed by atoms with Crippen molar-refractivity contribution in [1.82, 2.24) is 5.32 Å². The molecule has 0 bridgehead atoms. The summed E-state index contributed by atoms with van der Waals surface area (Å²) in [6, 6.07) is 9.01. The maximum atomic E-state index is 10.6. The molecule has 1 aliphatic carbocycles. The maximum Gasteiger partial charge on any atom is 0.227 e. The molecule has 1 aromatic carbocycles. The van der Waals surface area contributed by atoms with E-state index in [1.54, 1.807) is 0 Å². The van der Waals surface area contributed by atoms with E-state index in [1.807, 2.05) is 12.1 Å². The average molecular weight is 236 g/mol. The summed E-state index contributed by atoms with van der Waals surface area (Å²) in [5, 5.41) is 3.46. The molecule has 0 atom stereocenters. The standard InChI is InChI=1S/C12H16N2OS/c13-12(15)8-16-11-5-1-9(2-6-11)7-14-10-3-4-10/h1-2,5-6,10,14H,3-4,7-8H2,(H2,13,15). The van der Waals surface area contributed by atoms with E-state index in [0.717, 1.165) is 17.5 Å². The van der Waals surface area contributed by atoms with Gasteiger partial charge in [-0.3, -0.25) is 4.79 Å². The van der Waals surface area contributed by atoms with Crippen LogP contribution in [-0.4, -0.2) is 17.7 Å². The number of thioether (sulfide) groups is 1. The molecule has 1 aliphatic rings. The van der Waals surface area contributed by atoms with Crippen LogP contribution in [0.4, 0.5) is 0 Å². The molecule has 1 saturated carbocycles. The Morgan fingerprint density at radius 1 is 1.38 bits per heavy atom. The number of hydrogen-bond acceptors (Lipinski definition) is 3. The van der Waals surface area contributed by atoms with Gasteiger partial charge in [-0.2, -0.15) is 0 Å². The second-order valence-electron chi connectivity index (χ2n) is 4.05. The topological polar surface area (TPSA) is 55.1 Å². The third-order valence-electron chi connectivity index (χ3n) is 2.48. The van der Waals surface area contributed by atoms with Gasteiger partial charge in [0, 0.05) is 17.5 Å². The van der Waals surface area contributed by atoms with Gasteiger partial charge in [0.1, 0.15) is 0 Å². The summed E-state index contributed by atoms with van der Waals surface area (Å²) >= 11 is 1.48. The normalized spacial score (nSPS) is 15.0. The van der Waals surface area contributed by atoms with Gasteiger partial charge in [-0.25, -0.2) is 0 Å². The highest BCUT2D eigenvalue weighted by atomic mass is 32.2. The van der Waals surface area contributed by atoms with Crippen LogP contribution >= 0.6 is 11.8 Å². The molecule has 0 aliphatic heterocycles. The zero-order valence-corrected chi connectivity index (χ0v) is 9.93. The van der Waals surface area contributed by atoms with E-state index in [9.17, 15) is 4.79 Å². The first-order valence-corrected chi connectivity index (χ1v) is 6.46. The Hall–Kier alpha value is -1.00. The first-order valence-electron chi connectivity index (χ1n) is 5.47. The molecule has 86 valence electrons. The van der Waals surface area contributed by atoms with Gasteiger partial charge in [-0.1, -0.05) is 12.1 Å². The Morgan fingerprint density at radius 3 is 2.62 bits per heavy atom. The summed E-state index contributed by atoms with van der Waals surface area (Å²) in [6.45, 7) is 0.936. The molecule has 0 aromatic heterocycles. The van der Waals surface area contributed by atoms with Gasteiger partial charge in [-0.05, 0) is 30.5 Å². The van der Waals surface area contributed by atoms with Gasteiger partial charge in [0.2, 0.25) is 5.91 Å². The molecule has 4 heteroatoms. The van der Waals surface area contributed by atoms with E-state index in [4.69, 9.17) is 5.73 Å². The van der Waals surface area contributed by atoms with Crippen molar-refractivity contribution < 1.29 is 4.79 Å². The average Bonchev–Trinajstić information content (AvgIpc) is 3.09. The summed E-state index contributed by atoms with van der Waals surface area (Å²) in [7, 11) is 0. The zero-order valence-electron chi connectivity index (χ0n) is 9.11. The number of carbonyl (C=O) groups excluding carboxylic acids is 1. The number of rotatable bonds is 6. The molecule has 0 unspecified atom stereocenters. The van der Waals surface area contributed by atoms with Crippen LogP contribution in [0, 0.1) is 0 Å². The molecule has 3 N–H and O–H groups in total. The van der Waals surface area contributed by atoms with Crippen molar-refractivity contribution >= 4 is 17.7 Å². The number of primary amides is 1. The summed E-state index contributed by atoms with van der Waals surface area (Å²) in [5.41, 5.74) is 6.38.